The SMILES string of the molecule is Cc1ccc(N2C[C@H](CNC(=O)Nc3cccc(C)c3)CC2=O)cc1. The first-order chi connectivity index (χ1) is 12.0. The van der Waals surface area contributed by atoms with Gasteiger partial charge in [0.2, 0.25) is 5.91 Å². The molecule has 3 rings (SSSR count). The van der Waals surface area contributed by atoms with Crippen LogP contribution in [0.4, 0.5) is 16.2 Å². The summed E-state index contributed by atoms with van der Waals surface area (Å²) in [5.74, 6) is 0.229. The van der Waals surface area contributed by atoms with Gasteiger partial charge < -0.3 is 15.5 Å². The number of urea groups is 1. The molecule has 1 saturated heterocycles. The number of hydrogen-bond donors (Lipinski definition) is 2. The number of anilines is 2. The molecule has 0 radical (unpaired) electrons. The highest BCUT2D eigenvalue weighted by Crippen LogP contribution is 2.25. The third-order valence-electron chi connectivity index (χ3n) is 4.38. The zero-order chi connectivity index (χ0) is 17.8. The van der Waals surface area contributed by atoms with Crippen LogP contribution in [0.3, 0.4) is 0 Å². The van der Waals surface area contributed by atoms with Crippen molar-refractivity contribution in [3.05, 3.63) is 59.7 Å². The van der Waals surface area contributed by atoms with Gasteiger partial charge in [-0.1, -0.05) is 29.8 Å². The molecule has 0 unspecified atom stereocenters. The molecule has 3 amide bonds. The van der Waals surface area contributed by atoms with Crippen molar-refractivity contribution < 1.29 is 9.59 Å². The maximum Gasteiger partial charge on any atom is 0.319 e. The first-order valence-corrected chi connectivity index (χ1v) is 8.50. The Morgan fingerprint density at radius 3 is 2.60 bits per heavy atom. The van der Waals surface area contributed by atoms with Crippen LogP contribution in [0.25, 0.3) is 0 Å². The predicted molar refractivity (Wildman–Crippen MR) is 99.8 cm³/mol. The standard InChI is InChI=1S/C20H23N3O2/c1-14-6-8-18(9-7-14)23-13-16(11-19(23)24)12-21-20(25)22-17-5-3-4-15(2)10-17/h3-10,16H,11-13H2,1-2H3,(H2,21,22,25)/t16-/m0/s1. The van der Waals surface area contributed by atoms with E-state index in [4.69, 9.17) is 0 Å². The monoisotopic (exact) mass is 337 g/mol. The van der Waals surface area contributed by atoms with Crippen LogP contribution in [0.2, 0.25) is 0 Å². The number of amides is 3. The number of nitrogens with one attached hydrogen (secondary N) is 2. The number of carbonyl (C=O) groups excluding carboxylic acids is 2. The molecule has 0 aliphatic carbocycles. The summed E-state index contributed by atoms with van der Waals surface area (Å²) in [6, 6.07) is 15.3. The lowest BCUT2D eigenvalue weighted by Crippen LogP contribution is -2.34. The van der Waals surface area contributed by atoms with Gasteiger partial charge in [0.15, 0.2) is 0 Å². The fraction of sp³-hybridized carbons (Fsp3) is 0.300. The van der Waals surface area contributed by atoms with Gasteiger partial charge in [-0.05, 0) is 43.7 Å². The van der Waals surface area contributed by atoms with Crippen molar-refractivity contribution in [2.24, 2.45) is 5.92 Å². The Labute approximate surface area is 148 Å². The van der Waals surface area contributed by atoms with E-state index in [0.717, 1.165) is 16.9 Å². The van der Waals surface area contributed by atoms with E-state index in [1.807, 2.05) is 62.4 Å². The van der Waals surface area contributed by atoms with Crippen LogP contribution in [-0.2, 0) is 4.79 Å². The van der Waals surface area contributed by atoms with Gasteiger partial charge >= 0.3 is 6.03 Å². The van der Waals surface area contributed by atoms with E-state index >= 15 is 0 Å². The lowest BCUT2D eigenvalue weighted by Gasteiger charge is -2.17. The first kappa shape index (κ1) is 17.0. The summed E-state index contributed by atoms with van der Waals surface area (Å²) in [7, 11) is 0. The molecule has 0 aromatic heterocycles. The molecular weight excluding hydrogens is 314 g/mol. The van der Waals surface area contributed by atoms with Crippen molar-refractivity contribution in [3.8, 4) is 0 Å². The van der Waals surface area contributed by atoms with Crippen LogP contribution < -0.4 is 15.5 Å². The van der Waals surface area contributed by atoms with Crippen LogP contribution in [-0.4, -0.2) is 25.0 Å². The van der Waals surface area contributed by atoms with Crippen molar-refractivity contribution >= 4 is 23.3 Å². The van der Waals surface area contributed by atoms with Crippen molar-refractivity contribution in [2.45, 2.75) is 20.3 Å². The Kier molecular flexibility index (Phi) is 5.03. The van der Waals surface area contributed by atoms with Gasteiger partial charge in [0.05, 0.1) is 0 Å². The highest BCUT2D eigenvalue weighted by molar-refractivity contribution is 5.96. The second-order valence-corrected chi connectivity index (χ2v) is 6.61. The summed E-state index contributed by atoms with van der Waals surface area (Å²) in [6.45, 7) is 5.11. The van der Waals surface area contributed by atoms with E-state index in [1.165, 1.54) is 5.56 Å². The second kappa shape index (κ2) is 7.38. The van der Waals surface area contributed by atoms with Crippen LogP contribution in [0.5, 0.6) is 0 Å². The highest BCUT2D eigenvalue weighted by Gasteiger charge is 2.30. The molecule has 2 aromatic rings. The van der Waals surface area contributed by atoms with Gasteiger partial charge in [-0.3, -0.25) is 4.79 Å². The normalized spacial score (nSPS) is 16.8. The zero-order valence-electron chi connectivity index (χ0n) is 14.6. The number of carbonyl (C=O) groups is 2. The van der Waals surface area contributed by atoms with E-state index in [9.17, 15) is 9.59 Å². The molecule has 1 aliphatic heterocycles. The maximum atomic E-state index is 12.2. The van der Waals surface area contributed by atoms with Crippen LogP contribution in [0.15, 0.2) is 48.5 Å². The molecule has 0 bridgehead atoms. The lowest BCUT2D eigenvalue weighted by molar-refractivity contribution is -0.117. The average molecular weight is 337 g/mol. The molecule has 5 nitrogen and oxygen atoms in total. The molecule has 1 aliphatic rings. The minimum atomic E-state index is -0.244. The molecule has 5 heteroatoms. The minimum absolute atomic E-state index is 0.106. The molecule has 0 saturated carbocycles. The van der Waals surface area contributed by atoms with Crippen molar-refractivity contribution in [2.75, 3.05) is 23.3 Å². The van der Waals surface area contributed by atoms with Crippen molar-refractivity contribution in [1.82, 2.24) is 5.32 Å². The van der Waals surface area contributed by atoms with Crippen LogP contribution in [0, 0.1) is 19.8 Å². The molecule has 130 valence electrons. The molecule has 25 heavy (non-hydrogen) atoms. The number of nitrogens with zero attached hydrogens (tertiary/aromatic N) is 1. The Balaban J connectivity index is 1.51. The fourth-order valence-corrected chi connectivity index (χ4v) is 3.03. The Hall–Kier alpha value is -2.82. The summed E-state index contributed by atoms with van der Waals surface area (Å²) in [5.41, 5.74) is 3.94. The van der Waals surface area contributed by atoms with Crippen LogP contribution >= 0.6 is 0 Å². The van der Waals surface area contributed by atoms with Gasteiger partial charge in [-0.25, -0.2) is 4.79 Å². The smallest absolute Gasteiger partial charge is 0.319 e. The van der Waals surface area contributed by atoms with Crippen LogP contribution in [0.1, 0.15) is 17.5 Å². The molecular formula is C20H23N3O2. The largest absolute Gasteiger partial charge is 0.338 e. The second-order valence-electron chi connectivity index (χ2n) is 6.61. The topological polar surface area (TPSA) is 61.4 Å². The van der Waals surface area contributed by atoms with E-state index in [1.54, 1.807) is 4.90 Å². The molecule has 2 aromatic carbocycles. The van der Waals surface area contributed by atoms with E-state index in [2.05, 4.69) is 10.6 Å². The molecule has 2 N–H and O–H groups in total. The average Bonchev–Trinajstić information content (AvgIpc) is 2.95. The quantitative estimate of drug-likeness (QED) is 0.897. The van der Waals surface area contributed by atoms with E-state index in [0.29, 0.717) is 19.5 Å². The summed E-state index contributed by atoms with van der Waals surface area (Å²) in [4.78, 5) is 26.1. The summed E-state index contributed by atoms with van der Waals surface area (Å²) in [5, 5.41) is 5.68. The summed E-state index contributed by atoms with van der Waals surface area (Å²) < 4.78 is 0. The number of benzene rings is 2. The van der Waals surface area contributed by atoms with Gasteiger partial charge in [0.25, 0.3) is 0 Å². The Morgan fingerprint density at radius 1 is 1.12 bits per heavy atom. The van der Waals surface area contributed by atoms with Crippen molar-refractivity contribution in [3.63, 3.8) is 0 Å². The third-order valence-corrected chi connectivity index (χ3v) is 4.38. The van der Waals surface area contributed by atoms with Crippen molar-refractivity contribution in [1.29, 1.82) is 0 Å². The fourth-order valence-electron chi connectivity index (χ4n) is 3.03. The lowest BCUT2D eigenvalue weighted by atomic mass is 10.1. The Morgan fingerprint density at radius 2 is 1.88 bits per heavy atom. The molecule has 1 atom stereocenters. The highest BCUT2D eigenvalue weighted by atomic mass is 16.2. The summed E-state index contributed by atoms with van der Waals surface area (Å²) >= 11 is 0. The number of hydrogen-bond acceptors (Lipinski definition) is 2. The van der Waals surface area contributed by atoms with Gasteiger partial charge in [-0.2, -0.15) is 0 Å². The minimum Gasteiger partial charge on any atom is -0.338 e. The summed E-state index contributed by atoms with van der Waals surface area (Å²) in [6.07, 6.45) is 0.457. The molecule has 1 fully saturated rings. The third kappa shape index (κ3) is 4.38. The van der Waals surface area contributed by atoms with Gasteiger partial charge in [0.1, 0.15) is 0 Å². The van der Waals surface area contributed by atoms with Gasteiger partial charge in [0, 0.05) is 36.8 Å². The first-order valence-electron chi connectivity index (χ1n) is 8.50. The molecule has 0 spiro atoms. The number of aryl methyl sites for hydroxylation is 2. The van der Waals surface area contributed by atoms with E-state index < -0.39 is 0 Å². The Bertz CT molecular complexity index is 771. The van der Waals surface area contributed by atoms with Gasteiger partial charge in [-0.15, -0.1) is 0 Å². The van der Waals surface area contributed by atoms with E-state index in [-0.39, 0.29) is 17.9 Å². The maximum absolute atomic E-state index is 12.2. The zero-order valence-corrected chi connectivity index (χ0v) is 14.6. The number of rotatable bonds is 4. The molecule has 1 heterocycles. The predicted octanol–water partition coefficient (Wildman–Crippen LogP) is 3.48.